The quantitative estimate of drug-likeness (QED) is 0.0848. The van der Waals surface area contributed by atoms with Gasteiger partial charge in [-0.25, -0.2) is 19.4 Å². The standard InChI is InChI=1S/C39H46ClN7O5S/c1-37(2)23-27(24-42-37)9-6-18-41-31-21-28(52-25-26-7-4-3-5-8-26)22-34(43-31)53(49,50)46-36(48)29-10-11-32(44-35(29)40)47-19-12-33(45-47)51-20-13-30-38(14-15-38)39(30)16-17-39/h3-5,7-8,10-12,19,21-22,27,30,42H,6,9,13-18,20,23-25H2,1-2H3,(H,41,43)(H,46,48)/t27-/m0/s1. The highest BCUT2D eigenvalue weighted by Gasteiger charge is 2.85. The molecule has 0 bridgehead atoms. The van der Waals surface area contributed by atoms with Crippen LogP contribution in [-0.4, -0.2) is 59.3 Å². The minimum absolute atomic E-state index is 0.116. The largest absolute Gasteiger partial charge is 0.489 e. The number of aromatic nitrogens is 4. The smallest absolute Gasteiger partial charge is 0.282 e. The zero-order valence-electron chi connectivity index (χ0n) is 30.1. The highest BCUT2D eigenvalue weighted by molar-refractivity contribution is 7.90. The molecule has 3 aromatic heterocycles. The number of hydrogen-bond donors (Lipinski definition) is 3. The van der Waals surface area contributed by atoms with E-state index < -0.39 is 15.9 Å². The highest BCUT2D eigenvalue weighted by Crippen LogP contribution is 2.93. The van der Waals surface area contributed by atoms with Crippen LogP contribution in [0, 0.1) is 22.7 Å². The molecule has 0 unspecified atom stereocenters. The van der Waals surface area contributed by atoms with Crippen LogP contribution >= 0.6 is 11.6 Å². The average molecular weight is 760 g/mol. The van der Waals surface area contributed by atoms with E-state index in [-0.39, 0.29) is 27.9 Å². The molecule has 4 aromatic rings. The zero-order valence-corrected chi connectivity index (χ0v) is 31.7. The van der Waals surface area contributed by atoms with Crippen LogP contribution in [0.2, 0.25) is 5.15 Å². The lowest BCUT2D eigenvalue weighted by Crippen LogP contribution is -2.31. The van der Waals surface area contributed by atoms with Crippen LogP contribution < -0.4 is 24.8 Å². The van der Waals surface area contributed by atoms with E-state index in [0.29, 0.717) is 53.2 Å². The molecular weight excluding hydrogens is 714 g/mol. The van der Waals surface area contributed by atoms with Gasteiger partial charge in [0.2, 0.25) is 5.88 Å². The van der Waals surface area contributed by atoms with E-state index in [4.69, 9.17) is 21.1 Å². The highest BCUT2D eigenvalue weighted by atomic mass is 35.5. The Kier molecular flexibility index (Phi) is 9.39. The lowest BCUT2D eigenvalue weighted by atomic mass is 9.94. The molecule has 1 amide bonds. The summed E-state index contributed by atoms with van der Waals surface area (Å²) in [4.78, 5) is 22.0. The van der Waals surface area contributed by atoms with E-state index in [9.17, 15) is 13.2 Å². The van der Waals surface area contributed by atoms with E-state index in [1.165, 1.54) is 42.5 Å². The van der Waals surface area contributed by atoms with E-state index >= 15 is 0 Å². The first-order valence-electron chi connectivity index (χ1n) is 18.6. The van der Waals surface area contributed by atoms with Crippen molar-refractivity contribution < 1.29 is 22.7 Å². The normalized spacial score (nSPS) is 20.3. The Bertz CT molecular complexity index is 2080. The van der Waals surface area contributed by atoms with Gasteiger partial charge in [-0.1, -0.05) is 41.9 Å². The molecule has 3 N–H and O–H groups in total. The Hall–Kier alpha value is -4.20. The van der Waals surface area contributed by atoms with Crippen LogP contribution in [0.1, 0.15) is 81.1 Å². The molecule has 8 rings (SSSR count). The van der Waals surface area contributed by atoms with E-state index in [1.54, 1.807) is 24.4 Å². The number of rotatable bonds is 16. The molecule has 1 atom stereocenters. The molecule has 2 spiro atoms. The Morgan fingerprint density at radius 3 is 2.47 bits per heavy atom. The maximum absolute atomic E-state index is 13.6. The molecule has 1 aliphatic heterocycles. The number of amides is 1. The van der Waals surface area contributed by atoms with Gasteiger partial charge < -0.3 is 20.1 Å². The third-order valence-corrected chi connectivity index (χ3v) is 13.1. The maximum Gasteiger partial charge on any atom is 0.282 e. The first-order chi connectivity index (χ1) is 25.5. The molecule has 1 saturated heterocycles. The van der Waals surface area contributed by atoms with Crippen molar-refractivity contribution in [3.05, 3.63) is 83.1 Å². The van der Waals surface area contributed by atoms with Crippen molar-refractivity contribution in [2.45, 2.75) is 82.4 Å². The number of hydrogen-bond acceptors (Lipinski definition) is 10. The minimum atomic E-state index is -4.44. The molecule has 1 aromatic carbocycles. The number of halogens is 1. The van der Waals surface area contributed by atoms with Crippen molar-refractivity contribution in [1.82, 2.24) is 29.8 Å². The number of anilines is 1. The first kappa shape index (κ1) is 35.8. The lowest BCUT2D eigenvalue weighted by Gasteiger charge is -2.17. The topological polar surface area (TPSA) is 149 Å². The molecule has 4 fully saturated rings. The van der Waals surface area contributed by atoms with Crippen molar-refractivity contribution in [3.63, 3.8) is 0 Å². The second kappa shape index (κ2) is 13.9. The Morgan fingerprint density at radius 2 is 1.77 bits per heavy atom. The van der Waals surface area contributed by atoms with Gasteiger partial charge in [0, 0.05) is 36.5 Å². The van der Waals surface area contributed by atoms with E-state index in [1.807, 2.05) is 30.3 Å². The third-order valence-electron chi connectivity index (χ3n) is 11.6. The van der Waals surface area contributed by atoms with Crippen molar-refractivity contribution in [2.24, 2.45) is 22.7 Å². The molecule has 3 saturated carbocycles. The zero-order chi connectivity index (χ0) is 36.8. The number of carbonyl (C=O) groups excluding carboxylic acids is 1. The molecule has 4 aliphatic rings. The number of nitrogens with one attached hydrogen (secondary N) is 3. The summed E-state index contributed by atoms with van der Waals surface area (Å²) >= 11 is 6.44. The van der Waals surface area contributed by atoms with Gasteiger partial charge in [0.15, 0.2) is 10.8 Å². The van der Waals surface area contributed by atoms with Gasteiger partial charge in [0.05, 0.1) is 12.2 Å². The van der Waals surface area contributed by atoms with Gasteiger partial charge in [-0.2, -0.15) is 8.42 Å². The van der Waals surface area contributed by atoms with Crippen molar-refractivity contribution >= 4 is 33.3 Å². The molecule has 14 heteroatoms. The Balaban J connectivity index is 0.906. The van der Waals surface area contributed by atoms with Gasteiger partial charge in [-0.05, 0) is 112 Å². The van der Waals surface area contributed by atoms with Gasteiger partial charge >= 0.3 is 0 Å². The van der Waals surface area contributed by atoms with Crippen LogP contribution in [0.15, 0.2) is 71.9 Å². The van der Waals surface area contributed by atoms with Crippen molar-refractivity contribution in [3.8, 4) is 17.4 Å². The summed E-state index contributed by atoms with van der Waals surface area (Å²) in [5.74, 6) is 1.89. The van der Waals surface area contributed by atoms with Gasteiger partial charge in [0.1, 0.15) is 23.3 Å². The maximum atomic E-state index is 13.6. The number of ether oxygens (including phenoxy) is 2. The molecule has 53 heavy (non-hydrogen) atoms. The van der Waals surface area contributed by atoms with Crippen LogP contribution in [0.3, 0.4) is 0 Å². The Morgan fingerprint density at radius 1 is 1.00 bits per heavy atom. The van der Waals surface area contributed by atoms with Gasteiger partial charge in [-0.3, -0.25) is 4.79 Å². The fraction of sp³-hybridized carbons (Fsp3) is 0.487. The fourth-order valence-electron chi connectivity index (χ4n) is 8.73. The van der Waals surface area contributed by atoms with Crippen LogP contribution in [0.5, 0.6) is 11.6 Å². The number of sulfonamides is 1. The summed E-state index contributed by atoms with van der Waals surface area (Å²) in [6.07, 6.45) is 11.3. The van der Waals surface area contributed by atoms with Crippen LogP contribution in [0.4, 0.5) is 5.82 Å². The predicted octanol–water partition coefficient (Wildman–Crippen LogP) is 6.55. The summed E-state index contributed by atoms with van der Waals surface area (Å²) < 4.78 is 42.7. The monoisotopic (exact) mass is 759 g/mol. The SMILES string of the molecule is CC1(C)C[C@H](CCCNc2cc(OCc3ccccc3)cc(S(=O)(=O)NC(=O)c3ccc(-n4ccc(OCCC5C6(CC6)C56CC6)n4)nc3Cl)n2)CN1. The summed E-state index contributed by atoms with van der Waals surface area (Å²) in [5.41, 5.74) is 2.24. The second-order valence-electron chi connectivity index (χ2n) is 15.7. The summed E-state index contributed by atoms with van der Waals surface area (Å²) in [6.45, 7) is 6.85. The van der Waals surface area contributed by atoms with Crippen LogP contribution in [-0.2, 0) is 16.6 Å². The minimum Gasteiger partial charge on any atom is -0.489 e. The van der Waals surface area contributed by atoms with Gasteiger partial charge in [-0.15, -0.1) is 5.10 Å². The molecule has 12 nitrogen and oxygen atoms in total. The molecule has 3 aliphatic carbocycles. The number of nitrogens with zero attached hydrogens (tertiary/aromatic N) is 4. The summed E-state index contributed by atoms with van der Waals surface area (Å²) in [6, 6.07) is 17.2. The average Bonchev–Trinajstić information content (AvgIpc) is 4.09. The number of pyridine rings is 2. The van der Waals surface area contributed by atoms with Crippen molar-refractivity contribution in [2.75, 3.05) is 25.0 Å². The first-order valence-corrected chi connectivity index (χ1v) is 20.4. The molecule has 4 heterocycles. The second-order valence-corrected chi connectivity index (χ2v) is 17.7. The summed E-state index contributed by atoms with van der Waals surface area (Å²) in [7, 11) is -4.44. The predicted molar refractivity (Wildman–Crippen MR) is 201 cm³/mol. The van der Waals surface area contributed by atoms with Crippen LogP contribution in [0.25, 0.3) is 5.82 Å². The third kappa shape index (κ3) is 7.61. The van der Waals surface area contributed by atoms with E-state index in [2.05, 4.69) is 44.3 Å². The summed E-state index contributed by atoms with van der Waals surface area (Å²) in [5, 5.41) is 10.7. The molecule has 280 valence electrons. The molecular formula is C39H46ClN7O5S. The van der Waals surface area contributed by atoms with Gasteiger partial charge in [0.25, 0.3) is 15.9 Å². The number of carbonyl (C=O) groups is 1. The fourth-order valence-corrected chi connectivity index (χ4v) is 9.91. The van der Waals surface area contributed by atoms with Crippen molar-refractivity contribution in [1.29, 1.82) is 0 Å². The number of benzene rings is 1. The Labute approximate surface area is 315 Å². The lowest BCUT2D eigenvalue weighted by molar-refractivity contribution is 0.0981. The van der Waals surface area contributed by atoms with E-state index in [0.717, 1.165) is 43.7 Å². The molecule has 0 radical (unpaired) electrons. The number of fused-ring (bicyclic) bond motifs is 1.